The van der Waals surface area contributed by atoms with Crippen molar-refractivity contribution >= 4 is 99.3 Å². The highest BCUT2D eigenvalue weighted by molar-refractivity contribution is 6.53. The second kappa shape index (κ2) is 11.2. The molecule has 0 fully saturated rings. The molecule has 10 aromatic rings. The van der Waals surface area contributed by atoms with E-state index in [1.54, 1.807) is 0 Å². The summed E-state index contributed by atoms with van der Waals surface area (Å²) in [5.74, 6) is -2.61. The van der Waals surface area contributed by atoms with Gasteiger partial charge in [0, 0.05) is 11.1 Å². The van der Waals surface area contributed by atoms with Crippen molar-refractivity contribution in [3.63, 3.8) is 0 Å². The van der Waals surface area contributed by atoms with Crippen LogP contribution in [0.5, 0.6) is 0 Å². The minimum absolute atomic E-state index is 0.111. The Morgan fingerprint density at radius 3 is 1.09 bits per heavy atom. The zero-order valence-electron chi connectivity index (χ0n) is 29.5. The zero-order valence-corrected chi connectivity index (χ0v) is 29.5. The number of hydrogen-bond acceptors (Lipinski definition) is 8. The van der Waals surface area contributed by atoms with Crippen LogP contribution in [0.1, 0.15) is 41.4 Å². The maximum atomic E-state index is 14.2. The van der Waals surface area contributed by atoms with Crippen molar-refractivity contribution in [2.75, 3.05) is 28.4 Å². The molecule has 0 unspecified atom stereocenters. The summed E-state index contributed by atoms with van der Waals surface area (Å²) in [4.78, 5) is 55.4. The predicted octanol–water partition coefficient (Wildman–Crippen LogP) is 9.99. The highest BCUT2D eigenvalue weighted by atomic mass is 16.5. The van der Waals surface area contributed by atoms with Crippen molar-refractivity contribution in [1.29, 1.82) is 0 Å². The van der Waals surface area contributed by atoms with Crippen LogP contribution in [0.3, 0.4) is 0 Å². The molecular weight excluding hydrogens is 680 g/mol. The van der Waals surface area contributed by atoms with E-state index in [-0.39, 0.29) is 22.3 Å². The number of rotatable bonds is 6. The van der Waals surface area contributed by atoms with Gasteiger partial charge in [-0.05, 0) is 98.7 Å². The smallest absolute Gasteiger partial charge is 0.339 e. The predicted molar refractivity (Wildman–Crippen MR) is 210 cm³/mol. The van der Waals surface area contributed by atoms with Crippen LogP contribution < -0.4 is 0 Å². The number of fused-ring (bicyclic) bond motifs is 3. The highest BCUT2D eigenvalue weighted by Crippen LogP contribution is 2.57. The first-order valence-electron chi connectivity index (χ1n) is 17.3. The SMILES string of the molecule is COC(=O)c1c(C(=O)OC)c(-c2ccccc2)c2c3cc4ccc5c(C(=O)OC)c(C(=O)OC)c6ccc7cc(c2c1-c1ccccc1)c3c1c7c6c5c41. The van der Waals surface area contributed by atoms with E-state index < -0.39 is 23.9 Å². The van der Waals surface area contributed by atoms with Crippen molar-refractivity contribution in [3.05, 3.63) is 119 Å². The molecule has 0 amide bonds. The summed E-state index contributed by atoms with van der Waals surface area (Å²) < 4.78 is 21.4. The summed E-state index contributed by atoms with van der Waals surface area (Å²) in [6.07, 6.45) is 0. The molecule has 0 saturated carbocycles. The van der Waals surface area contributed by atoms with Crippen molar-refractivity contribution in [3.8, 4) is 22.3 Å². The Morgan fingerprint density at radius 2 is 0.722 bits per heavy atom. The molecule has 0 aliphatic rings. The van der Waals surface area contributed by atoms with E-state index in [4.69, 9.17) is 18.9 Å². The van der Waals surface area contributed by atoms with Gasteiger partial charge in [0.15, 0.2) is 0 Å². The Morgan fingerprint density at radius 1 is 0.352 bits per heavy atom. The van der Waals surface area contributed by atoms with Gasteiger partial charge in [-0.15, -0.1) is 0 Å². The Kier molecular flexibility index (Phi) is 6.58. The molecular formula is C46H28O8. The average molecular weight is 709 g/mol. The van der Waals surface area contributed by atoms with Gasteiger partial charge in [-0.25, -0.2) is 19.2 Å². The number of benzene rings is 8. The van der Waals surface area contributed by atoms with E-state index in [0.29, 0.717) is 21.9 Å². The lowest BCUT2D eigenvalue weighted by Crippen LogP contribution is -2.15. The van der Waals surface area contributed by atoms with Crippen LogP contribution in [0, 0.1) is 0 Å². The molecule has 0 radical (unpaired) electrons. The molecule has 8 nitrogen and oxygen atoms in total. The van der Waals surface area contributed by atoms with Gasteiger partial charge in [-0.3, -0.25) is 0 Å². The molecule has 10 rings (SSSR count). The molecule has 0 aliphatic carbocycles. The van der Waals surface area contributed by atoms with E-state index in [1.807, 2.05) is 84.9 Å². The molecule has 0 aromatic heterocycles. The van der Waals surface area contributed by atoms with Crippen LogP contribution in [-0.4, -0.2) is 52.3 Å². The monoisotopic (exact) mass is 708 g/mol. The third-order valence-electron chi connectivity index (χ3n) is 11.1. The van der Waals surface area contributed by atoms with E-state index >= 15 is 0 Å². The number of hydrogen-bond donors (Lipinski definition) is 0. The minimum atomic E-state index is -0.668. The largest absolute Gasteiger partial charge is 0.465 e. The second-order valence-corrected chi connectivity index (χ2v) is 13.5. The van der Waals surface area contributed by atoms with Crippen LogP contribution >= 0.6 is 0 Å². The van der Waals surface area contributed by atoms with Crippen LogP contribution in [0.15, 0.2) is 97.1 Å². The number of esters is 4. The van der Waals surface area contributed by atoms with Gasteiger partial charge in [0.05, 0.1) is 50.7 Å². The average Bonchev–Trinajstić information content (AvgIpc) is 3.75. The molecule has 0 spiro atoms. The summed E-state index contributed by atoms with van der Waals surface area (Å²) in [6, 6.07) is 31.0. The van der Waals surface area contributed by atoms with E-state index in [0.717, 1.165) is 75.8 Å². The molecule has 0 aliphatic heterocycles. The lowest BCUT2D eigenvalue weighted by Gasteiger charge is -2.20. The Bertz CT molecular complexity index is 2990. The minimum Gasteiger partial charge on any atom is -0.465 e. The molecule has 0 heterocycles. The fourth-order valence-electron chi connectivity index (χ4n) is 9.18. The normalized spacial score (nSPS) is 12.0. The van der Waals surface area contributed by atoms with E-state index in [1.165, 1.54) is 28.4 Å². The number of ether oxygens (including phenoxy) is 4. The van der Waals surface area contributed by atoms with Crippen LogP contribution in [0.25, 0.3) is 97.7 Å². The second-order valence-electron chi connectivity index (χ2n) is 13.5. The van der Waals surface area contributed by atoms with Crippen molar-refractivity contribution < 1.29 is 38.1 Å². The first kappa shape index (κ1) is 31.7. The lowest BCUT2D eigenvalue weighted by molar-refractivity contribution is 0.0557. The molecule has 0 saturated heterocycles. The summed E-state index contributed by atoms with van der Waals surface area (Å²) in [5, 5.41) is 11.9. The molecule has 54 heavy (non-hydrogen) atoms. The Labute approximate surface area is 306 Å². The summed E-state index contributed by atoms with van der Waals surface area (Å²) in [6.45, 7) is 0. The van der Waals surface area contributed by atoms with Gasteiger partial charge in [-0.1, -0.05) is 84.9 Å². The fraction of sp³-hybridized carbons (Fsp3) is 0.0870. The summed E-state index contributed by atoms with van der Waals surface area (Å²) in [5.41, 5.74) is 3.10. The summed E-state index contributed by atoms with van der Waals surface area (Å²) in [7, 11) is 5.22. The van der Waals surface area contributed by atoms with Gasteiger partial charge in [0.1, 0.15) is 0 Å². The quantitative estimate of drug-likeness (QED) is 0.0955. The number of methoxy groups -OCH3 is 4. The standard InChI is InChI=1S/C46H28O8/c1-51-43(47)38-25-17-15-23-19-27-33-28(20-24-16-18-26(39(38)44(48)52-2)35-32(24)40(33)31(23)34(25)35)37-30(22-13-9-6-10-14-22)42(46(50)54-4)41(45(49)53-3)29(36(27)37)21-11-7-5-8-12-21/h5-20H,1-4H3. The van der Waals surface area contributed by atoms with Crippen molar-refractivity contribution in [1.82, 2.24) is 0 Å². The van der Waals surface area contributed by atoms with Crippen molar-refractivity contribution in [2.45, 2.75) is 0 Å². The summed E-state index contributed by atoms with van der Waals surface area (Å²) >= 11 is 0. The van der Waals surface area contributed by atoms with Gasteiger partial charge < -0.3 is 18.9 Å². The van der Waals surface area contributed by atoms with Gasteiger partial charge in [0.2, 0.25) is 0 Å². The Hall–Kier alpha value is -7.06. The molecule has 0 N–H and O–H groups in total. The molecule has 10 aromatic carbocycles. The fourth-order valence-corrected chi connectivity index (χ4v) is 9.18. The van der Waals surface area contributed by atoms with Gasteiger partial charge in [0.25, 0.3) is 0 Å². The maximum Gasteiger partial charge on any atom is 0.339 e. The van der Waals surface area contributed by atoms with Crippen LogP contribution in [0.4, 0.5) is 0 Å². The van der Waals surface area contributed by atoms with E-state index in [2.05, 4.69) is 12.1 Å². The molecule has 0 atom stereocenters. The van der Waals surface area contributed by atoms with Gasteiger partial charge in [-0.2, -0.15) is 0 Å². The lowest BCUT2D eigenvalue weighted by atomic mass is 9.83. The topological polar surface area (TPSA) is 105 Å². The van der Waals surface area contributed by atoms with Crippen molar-refractivity contribution in [2.24, 2.45) is 0 Å². The molecule has 260 valence electrons. The zero-order chi connectivity index (χ0) is 37.2. The van der Waals surface area contributed by atoms with Crippen LogP contribution in [-0.2, 0) is 18.9 Å². The first-order valence-corrected chi connectivity index (χ1v) is 17.3. The molecule has 0 bridgehead atoms. The first-order chi connectivity index (χ1) is 26.3. The van der Waals surface area contributed by atoms with Gasteiger partial charge >= 0.3 is 23.9 Å². The highest BCUT2D eigenvalue weighted by Gasteiger charge is 2.36. The number of carbonyl (C=O) groups is 4. The number of carbonyl (C=O) groups excluding carboxylic acids is 4. The third-order valence-corrected chi connectivity index (χ3v) is 11.1. The maximum absolute atomic E-state index is 14.2. The molecule has 8 heteroatoms. The third kappa shape index (κ3) is 3.81. The Balaban J connectivity index is 1.56. The van der Waals surface area contributed by atoms with E-state index in [9.17, 15) is 19.2 Å². The van der Waals surface area contributed by atoms with Crippen LogP contribution in [0.2, 0.25) is 0 Å².